The molecule has 0 saturated carbocycles. The number of rotatable bonds is 5. The molecular formula is C18H22N2O. The highest BCUT2D eigenvalue weighted by Crippen LogP contribution is 2.16. The summed E-state index contributed by atoms with van der Waals surface area (Å²) < 4.78 is 0. The van der Waals surface area contributed by atoms with Gasteiger partial charge in [-0.25, -0.2) is 0 Å². The predicted molar refractivity (Wildman–Crippen MR) is 87.7 cm³/mol. The smallest absolute Gasteiger partial charge is 0.251 e. The van der Waals surface area contributed by atoms with E-state index in [4.69, 9.17) is 0 Å². The Morgan fingerprint density at radius 1 is 1.05 bits per heavy atom. The third-order valence-corrected chi connectivity index (χ3v) is 3.68. The van der Waals surface area contributed by atoms with Gasteiger partial charge >= 0.3 is 0 Å². The van der Waals surface area contributed by atoms with E-state index in [1.807, 2.05) is 31.2 Å². The molecule has 0 atom stereocenters. The lowest BCUT2D eigenvalue weighted by Gasteiger charge is -2.11. The number of amides is 1. The van der Waals surface area contributed by atoms with E-state index < -0.39 is 0 Å². The maximum absolute atomic E-state index is 11.7. The Balaban J connectivity index is 2.01. The number of nitrogens with one attached hydrogen (secondary N) is 2. The van der Waals surface area contributed by atoms with Crippen LogP contribution in [0.4, 0.5) is 5.69 Å². The van der Waals surface area contributed by atoms with Gasteiger partial charge in [0.2, 0.25) is 0 Å². The van der Waals surface area contributed by atoms with Crippen LogP contribution in [0.2, 0.25) is 0 Å². The van der Waals surface area contributed by atoms with Gasteiger partial charge in [0.15, 0.2) is 0 Å². The van der Waals surface area contributed by atoms with Gasteiger partial charge in [0.1, 0.15) is 0 Å². The maximum atomic E-state index is 11.7. The van der Waals surface area contributed by atoms with Crippen LogP contribution in [0.5, 0.6) is 0 Å². The molecule has 0 aliphatic heterocycles. The minimum Gasteiger partial charge on any atom is -0.381 e. The monoisotopic (exact) mass is 282 g/mol. The van der Waals surface area contributed by atoms with Crippen molar-refractivity contribution in [3.05, 3.63) is 64.7 Å². The second kappa shape index (κ2) is 6.93. The van der Waals surface area contributed by atoms with E-state index in [2.05, 4.69) is 42.7 Å². The number of carbonyl (C=O) groups excluding carboxylic acids is 1. The zero-order valence-corrected chi connectivity index (χ0v) is 12.9. The van der Waals surface area contributed by atoms with Crippen molar-refractivity contribution in [2.45, 2.75) is 27.3 Å². The molecule has 2 aromatic rings. The van der Waals surface area contributed by atoms with Crippen molar-refractivity contribution in [1.29, 1.82) is 0 Å². The highest BCUT2D eigenvalue weighted by molar-refractivity contribution is 5.94. The van der Waals surface area contributed by atoms with Gasteiger partial charge in [0.05, 0.1) is 0 Å². The molecule has 0 saturated heterocycles. The van der Waals surface area contributed by atoms with Crippen LogP contribution in [0.3, 0.4) is 0 Å². The Bertz CT molecular complexity index is 618. The van der Waals surface area contributed by atoms with E-state index in [-0.39, 0.29) is 5.91 Å². The molecule has 0 spiro atoms. The number of carbonyl (C=O) groups is 1. The summed E-state index contributed by atoms with van der Waals surface area (Å²) in [5, 5.41) is 6.19. The first-order valence-corrected chi connectivity index (χ1v) is 7.29. The van der Waals surface area contributed by atoms with Crippen molar-refractivity contribution in [2.75, 3.05) is 11.9 Å². The molecule has 110 valence electrons. The van der Waals surface area contributed by atoms with Crippen molar-refractivity contribution in [2.24, 2.45) is 0 Å². The predicted octanol–water partition coefficient (Wildman–Crippen LogP) is 3.67. The first-order valence-electron chi connectivity index (χ1n) is 7.29. The zero-order valence-electron chi connectivity index (χ0n) is 12.9. The van der Waals surface area contributed by atoms with Crippen molar-refractivity contribution < 1.29 is 4.79 Å². The van der Waals surface area contributed by atoms with Gasteiger partial charge in [-0.1, -0.05) is 18.2 Å². The van der Waals surface area contributed by atoms with E-state index in [0.717, 1.165) is 12.2 Å². The van der Waals surface area contributed by atoms with Gasteiger partial charge < -0.3 is 10.6 Å². The molecule has 0 radical (unpaired) electrons. The topological polar surface area (TPSA) is 41.1 Å². The van der Waals surface area contributed by atoms with E-state index in [9.17, 15) is 4.79 Å². The summed E-state index contributed by atoms with van der Waals surface area (Å²) >= 11 is 0. The largest absolute Gasteiger partial charge is 0.381 e. The van der Waals surface area contributed by atoms with E-state index in [1.54, 1.807) is 0 Å². The fourth-order valence-electron chi connectivity index (χ4n) is 2.20. The third kappa shape index (κ3) is 3.85. The SMILES string of the molecule is CCNC(=O)c1ccc(NCc2cccc(C)c2C)cc1. The minimum atomic E-state index is -0.0291. The molecule has 0 unspecified atom stereocenters. The van der Waals surface area contributed by atoms with Crippen molar-refractivity contribution in [3.8, 4) is 0 Å². The molecule has 0 aliphatic carbocycles. The van der Waals surface area contributed by atoms with Crippen molar-refractivity contribution in [3.63, 3.8) is 0 Å². The molecule has 0 aliphatic rings. The van der Waals surface area contributed by atoms with E-state index in [0.29, 0.717) is 12.1 Å². The van der Waals surface area contributed by atoms with Gasteiger partial charge in [-0.2, -0.15) is 0 Å². The molecule has 2 rings (SSSR count). The normalized spacial score (nSPS) is 10.2. The Labute approximate surface area is 126 Å². The molecule has 21 heavy (non-hydrogen) atoms. The Kier molecular flexibility index (Phi) is 4.99. The Morgan fingerprint density at radius 3 is 2.43 bits per heavy atom. The number of hydrogen-bond acceptors (Lipinski definition) is 2. The highest BCUT2D eigenvalue weighted by atomic mass is 16.1. The summed E-state index contributed by atoms with van der Waals surface area (Å²) in [5.74, 6) is -0.0291. The van der Waals surface area contributed by atoms with Crippen LogP contribution in [0.1, 0.15) is 34.0 Å². The lowest BCUT2D eigenvalue weighted by Crippen LogP contribution is -2.22. The van der Waals surface area contributed by atoms with Gasteiger partial charge in [0.25, 0.3) is 5.91 Å². The van der Waals surface area contributed by atoms with Crippen LogP contribution in [0.25, 0.3) is 0 Å². The molecular weight excluding hydrogens is 260 g/mol. The van der Waals surface area contributed by atoms with Gasteiger partial charge in [0, 0.05) is 24.3 Å². The number of hydrogen-bond donors (Lipinski definition) is 2. The Morgan fingerprint density at radius 2 is 1.76 bits per heavy atom. The molecule has 3 nitrogen and oxygen atoms in total. The first-order chi connectivity index (χ1) is 10.1. The molecule has 2 N–H and O–H groups in total. The quantitative estimate of drug-likeness (QED) is 0.878. The number of benzene rings is 2. The minimum absolute atomic E-state index is 0.0291. The summed E-state index contributed by atoms with van der Waals surface area (Å²) in [6.07, 6.45) is 0. The molecule has 0 bridgehead atoms. The second-order valence-electron chi connectivity index (χ2n) is 5.15. The molecule has 1 amide bonds. The van der Waals surface area contributed by atoms with Gasteiger partial charge in [-0.15, -0.1) is 0 Å². The maximum Gasteiger partial charge on any atom is 0.251 e. The Hall–Kier alpha value is -2.29. The molecule has 2 aromatic carbocycles. The van der Waals surface area contributed by atoms with Crippen LogP contribution in [0, 0.1) is 13.8 Å². The first kappa shape index (κ1) is 15.1. The average molecular weight is 282 g/mol. The van der Waals surface area contributed by atoms with Crippen LogP contribution < -0.4 is 10.6 Å². The number of anilines is 1. The third-order valence-electron chi connectivity index (χ3n) is 3.68. The summed E-state index contributed by atoms with van der Waals surface area (Å²) in [7, 11) is 0. The second-order valence-corrected chi connectivity index (χ2v) is 5.15. The van der Waals surface area contributed by atoms with Crippen LogP contribution >= 0.6 is 0 Å². The summed E-state index contributed by atoms with van der Waals surface area (Å²) in [6, 6.07) is 13.9. The molecule has 0 heterocycles. The molecule has 0 aromatic heterocycles. The van der Waals surface area contributed by atoms with E-state index in [1.165, 1.54) is 16.7 Å². The lowest BCUT2D eigenvalue weighted by molar-refractivity contribution is 0.0956. The number of aryl methyl sites for hydroxylation is 1. The van der Waals surface area contributed by atoms with Crippen molar-refractivity contribution >= 4 is 11.6 Å². The fraction of sp³-hybridized carbons (Fsp3) is 0.278. The summed E-state index contributed by atoms with van der Waals surface area (Å²) in [4.78, 5) is 11.7. The van der Waals surface area contributed by atoms with Crippen LogP contribution in [-0.4, -0.2) is 12.5 Å². The molecule has 0 fully saturated rings. The standard InChI is InChI=1S/C18H22N2O/c1-4-19-18(21)15-8-10-17(11-9-15)20-12-16-7-5-6-13(2)14(16)3/h5-11,20H,4,12H2,1-3H3,(H,19,21). The van der Waals surface area contributed by atoms with Crippen LogP contribution in [0.15, 0.2) is 42.5 Å². The van der Waals surface area contributed by atoms with Crippen LogP contribution in [-0.2, 0) is 6.54 Å². The summed E-state index contributed by atoms with van der Waals surface area (Å²) in [5.41, 5.74) is 5.63. The van der Waals surface area contributed by atoms with Gasteiger partial charge in [-0.3, -0.25) is 4.79 Å². The fourth-order valence-corrected chi connectivity index (χ4v) is 2.20. The van der Waals surface area contributed by atoms with E-state index >= 15 is 0 Å². The lowest BCUT2D eigenvalue weighted by atomic mass is 10.0. The molecule has 3 heteroatoms. The zero-order chi connectivity index (χ0) is 15.2. The van der Waals surface area contributed by atoms with Gasteiger partial charge in [-0.05, 0) is 61.7 Å². The highest BCUT2D eigenvalue weighted by Gasteiger charge is 2.04. The summed E-state index contributed by atoms with van der Waals surface area (Å²) in [6.45, 7) is 7.61. The van der Waals surface area contributed by atoms with Crippen molar-refractivity contribution in [1.82, 2.24) is 5.32 Å². The average Bonchev–Trinajstić information content (AvgIpc) is 2.49.